The van der Waals surface area contributed by atoms with Crippen molar-refractivity contribution in [3.05, 3.63) is 90.3 Å². The van der Waals surface area contributed by atoms with Crippen LogP contribution in [0, 0.1) is 5.92 Å². The first-order chi connectivity index (χ1) is 16.5. The van der Waals surface area contributed by atoms with Crippen molar-refractivity contribution >= 4 is 23.3 Å². The summed E-state index contributed by atoms with van der Waals surface area (Å²) in [5.74, 6) is -1.11. The topological polar surface area (TPSA) is 66.0 Å². The largest absolute Gasteiger partial charge is 0.368 e. The molecule has 0 N–H and O–H groups in total. The number of rotatable bonds is 6. The number of benzene rings is 2. The Hall–Kier alpha value is -3.87. The minimum atomic E-state index is -0.437. The molecule has 2 aromatic carbocycles. The molecule has 1 aliphatic rings. The summed E-state index contributed by atoms with van der Waals surface area (Å²) in [4.78, 5) is 39.9. The number of amides is 1. The summed E-state index contributed by atoms with van der Waals surface area (Å²) < 4.78 is 0. The number of hydrogen-bond donors (Lipinski definition) is 0. The Morgan fingerprint density at radius 2 is 1.53 bits per heavy atom. The molecule has 0 radical (unpaired) electrons. The first kappa shape index (κ1) is 23.3. The van der Waals surface area contributed by atoms with Gasteiger partial charge in [-0.25, -0.2) is 4.79 Å². The van der Waals surface area contributed by atoms with Crippen LogP contribution in [0.15, 0.2) is 79.1 Å². The molecular weight excluding hydrogens is 428 g/mol. The molecule has 1 aromatic heterocycles. The third-order valence-electron chi connectivity index (χ3n) is 5.83. The zero-order valence-corrected chi connectivity index (χ0v) is 19.6. The van der Waals surface area contributed by atoms with Crippen molar-refractivity contribution in [2.75, 3.05) is 36.0 Å². The second-order valence-corrected chi connectivity index (χ2v) is 8.62. The van der Waals surface area contributed by atoms with E-state index < -0.39 is 5.97 Å². The molecule has 0 bridgehead atoms. The molecule has 0 saturated carbocycles. The Morgan fingerprint density at radius 1 is 0.882 bits per heavy atom. The fourth-order valence-electron chi connectivity index (χ4n) is 3.87. The monoisotopic (exact) mass is 458 g/mol. The number of anilines is 2. The van der Waals surface area contributed by atoms with Gasteiger partial charge in [-0.3, -0.25) is 9.78 Å². The van der Waals surface area contributed by atoms with Crippen LogP contribution in [-0.2, 0) is 16.2 Å². The Kier molecular flexibility index (Phi) is 7.42. The van der Waals surface area contributed by atoms with E-state index >= 15 is 0 Å². The van der Waals surface area contributed by atoms with Gasteiger partial charge in [0.2, 0.25) is 0 Å². The summed E-state index contributed by atoms with van der Waals surface area (Å²) in [6.45, 7) is 7.14. The van der Waals surface area contributed by atoms with Crippen LogP contribution in [0.2, 0.25) is 0 Å². The number of hydrogen-bond acceptors (Lipinski definition) is 6. The number of carbonyl (C=O) groups is 2. The van der Waals surface area contributed by atoms with Gasteiger partial charge in [0.1, 0.15) is 0 Å². The first-order valence-electron chi connectivity index (χ1n) is 11.6. The number of nitrogens with zero attached hydrogens (tertiary/aromatic N) is 4. The summed E-state index contributed by atoms with van der Waals surface area (Å²) in [6.07, 6.45) is 3.62. The molecule has 2 heterocycles. The van der Waals surface area contributed by atoms with Crippen molar-refractivity contribution in [1.82, 2.24) is 10.0 Å². The molecule has 1 aliphatic heterocycles. The third kappa shape index (κ3) is 5.73. The first-order valence-corrected chi connectivity index (χ1v) is 11.6. The lowest BCUT2D eigenvalue weighted by Crippen LogP contribution is -2.46. The second-order valence-electron chi connectivity index (χ2n) is 8.62. The summed E-state index contributed by atoms with van der Waals surface area (Å²) >= 11 is 0. The maximum Gasteiger partial charge on any atom is 0.335 e. The average Bonchev–Trinajstić information content (AvgIpc) is 2.89. The van der Waals surface area contributed by atoms with Gasteiger partial charge >= 0.3 is 5.97 Å². The maximum atomic E-state index is 13.4. The van der Waals surface area contributed by atoms with E-state index in [1.54, 1.807) is 19.9 Å². The molecule has 7 heteroatoms. The zero-order chi connectivity index (χ0) is 23.9. The summed E-state index contributed by atoms with van der Waals surface area (Å²) in [5.41, 5.74) is 3.52. The molecule has 3 aromatic rings. The van der Waals surface area contributed by atoms with E-state index in [-0.39, 0.29) is 18.4 Å². The van der Waals surface area contributed by atoms with Gasteiger partial charge in [-0.05, 0) is 35.9 Å². The fraction of sp³-hybridized carbons (Fsp3) is 0.296. The highest BCUT2D eigenvalue weighted by Gasteiger charge is 2.24. The smallest absolute Gasteiger partial charge is 0.335 e. The Labute approximate surface area is 200 Å². The van der Waals surface area contributed by atoms with Crippen molar-refractivity contribution in [3.63, 3.8) is 0 Å². The fourth-order valence-corrected chi connectivity index (χ4v) is 3.87. The molecule has 0 atom stereocenters. The second kappa shape index (κ2) is 10.8. The predicted molar refractivity (Wildman–Crippen MR) is 132 cm³/mol. The van der Waals surface area contributed by atoms with Gasteiger partial charge in [0.05, 0.1) is 12.5 Å². The quantitative estimate of drug-likeness (QED) is 0.517. The molecule has 1 amide bonds. The molecule has 0 aliphatic carbocycles. The van der Waals surface area contributed by atoms with E-state index in [9.17, 15) is 9.59 Å². The van der Waals surface area contributed by atoms with Crippen LogP contribution in [-0.4, -0.2) is 48.1 Å². The number of piperazine rings is 1. The summed E-state index contributed by atoms with van der Waals surface area (Å²) in [7, 11) is 0. The predicted octanol–water partition coefficient (Wildman–Crippen LogP) is 4.16. The van der Waals surface area contributed by atoms with Crippen molar-refractivity contribution < 1.29 is 14.4 Å². The van der Waals surface area contributed by atoms with Gasteiger partial charge in [0.25, 0.3) is 5.91 Å². The van der Waals surface area contributed by atoms with Gasteiger partial charge in [-0.15, -0.1) is 0 Å². The number of aromatic nitrogens is 1. The molecule has 0 unspecified atom stereocenters. The minimum Gasteiger partial charge on any atom is -0.368 e. The van der Waals surface area contributed by atoms with Crippen LogP contribution in [0.4, 0.5) is 11.4 Å². The van der Waals surface area contributed by atoms with Crippen LogP contribution in [0.1, 0.15) is 29.8 Å². The molecule has 4 rings (SSSR count). The molecule has 176 valence electrons. The lowest BCUT2D eigenvalue weighted by molar-refractivity contribution is -0.183. The van der Waals surface area contributed by atoms with Crippen LogP contribution in [0.5, 0.6) is 0 Å². The van der Waals surface area contributed by atoms with Gasteiger partial charge in [-0.2, -0.15) is 5.06 Å². The third-order valence-corrected chi connectivity index (χ3v) is 5.83. The Bertz CT molecular complexity index is 1100. The maximum absolute atomic E-state index is 13.4. The van der Waals surface area contributed by atoms with Gasteiger partial charge in [-0.1, -0.05) is 50.2 Å². The Balaban J connectivity index is 1.48. The van der Waals surface area contributed by atoms with Crippen LogP contribution < -0.4 is 9.80 Å². The molecular formula is C27H30N4O3. The van der Waals surface area contributed by atoms with E-state index in [0.29, 0.717) is 5.56 Å². The molecule has 7 nitrogen and oxygen atoms in total. The zero-order valence-electron chi connectivity index (χ0n) is 19.6. The van der Waals surface area contributed by atoms with Crippen molar-refractivity contribution in [2.24, 2.45) is 5.92 Å². The van der Waals surface area contributed by atoms with E-state index in [1.807, 2.05) is 73.1 Å². The van der Waals surface area contributed by atoms with Crippen LogP contribution >= 0.6 is 0 Å². The highest BCUT2D eigenvalue weighted by atomic mass is 16.7. The van der Waals surface area contributed by atoms with E-state index in [0.717, 1.165) is 42.5 Å². The lowest BCUT2D eigenvalue weighted by atomic mass is 10.1. The van der Waals surface area contributed by atoms with Gasteiger partial charge in [0, 0.05) is 55.5 Å². The SMILES string of the molecule is CC(C)C(=O)ON(Cc1ccccc1)C(=O)c1cccc(N2CCN(c3ccncc3)CC2)c1. The summed E-state index contributed by atoms with van der Waals surface area (Å²) in [6, 6.07) is 21.1. The number of carbonyl (C=O) groups excluding carboxylic acids is 2. The van der Waals surface area contributed by atoms with E-state index in [1.165, 1.54) is 5.69 Å². The molecule has 1 saturated heterocycles. The van der Waals surface area contributed by atoms with Crippen molar-refractivity contribution in [1.29, 1.82) is 0 Å². The van der Waals surface area contributed by atoms with Gasteiger partial charge in [0.15, 0.2) is 0 Å². The highest BCUT2D eigenvalue weighted by Crippen LogP contribution is 2.22. The van der Waals surface area contributed by atoms with Crippen LogP contribution in [0.3, 0.4) is 0 Å². The van der Waals surface area contributed by atoms with E-state index in [4.69, 9.17) is 4.84 Å². The molecule has 1 fully saturated rings. The Morgan fingerprint density at radius 3 is 2.18 bits per heavy atom. The molecule has 0 spiro atoms. The minimum absolute atomic E-state index is 0.187. The van der Waals surface area contributed by atoms with E-state index in [2.05, 4.69) is 14.8 Å². The highest BCUT2D eigenvalue weighted by molar-refractivity contribution is 5.95. The van der Waals surface area contributed by atoms with Gasteiger partial charge < -0.3 is 14.6 Å². The standard InChI is InChI=1S/C27H30N4O3/c1-21(2)27(33)34-31(20-22-7-4-3-5-8-22)26(32)23-9-6-10-25(19-23)30-17-15-29(16-18-30)24-11-13-28-14-12-24/h3-14,19,21H,15-18,20H2,1-2H3. The number of pyridine rings is 1. The van der Waals surface area contributed by atoms with Crippen LogP contribution in [0.25, 0.3) is 0 Å². The number of hydroxylamine groups is 2. The average molecular weight is 459 g/mol. The normalized spacial score (nSPS) is 13.6. The van der Waals surface area contributed by atoms with Crippen molar-refractivity contribution in [3.8, 4) is 0 Å². The molecule has 34 heavy (non-hydrogen) atoms. The summed E-state index contributed by atoms with van der Waals surface area (Å²) in [5, 5.41) is 1.16. The lowest BCUT2D eigenvalue weighted by Gasteiger charge is -2.37. The van der Waals surface area contributed by atoms with Crippen molar-refractivity contribution in [2.45, 2.75) is 20.4 Å².